The fourth-order valence-corrected chi connectivity index (χ4v) is 4.09. The first-order valence-electron chi connectivity index (χ1n) is 10.3. The standard InChI is InChI=1S/C24H19ClN6/c25-17-10-8-16(9-11-17)22-28-29-23-20-6-1-2-7-21(20)27-24(31(22)23)30(19-12-13-19)15-18-5-3-4-14-26-18/h1-11,14,19H,12-13,15H2. The van der Waals surface area contributed by atoms with Crippen LogP contribution in [-0.2, 0) is 6.54 Å². The van der Waals surface area contributed by atoms with Gasteiger partial charge >= 0.3 is 0 Å². The van der Waals surface area contributed by atoms with Crippen LogP contribution in [-0.4, -0.2) is 30.6 Å². The van der Waals surface area contributed by atoms with E-state index in [9.17, 15) is 0 Å². The van der Waals surface area contributed by atoms with Crippen LogP contribution in [0.4, 0.5) is 5.95 Å². The first-order valence-corrected chi connectivity index (χ1v) is 10.7. The molecule has 0 aliphatic heterocycles. The summed E-state index contributed by atoms with van der Waals surface area (Å²) in [6.07, 6.45) is 4.12. The highest BCUT2D eigenvalue weighted by Crippen LogP contribution is 2.35. The second-order valence-corrected chi connectivity index (χ2v) is 8.24. The van der Waals surface area contributed by atoms with Gasteiger partial charge in [0.25, 0.3) is 0 Å². The van der Waals surface area contributed by atoms with E-state index in [-0.39, 0.29) is 0 Å². The fourth-order valence-electron chi connectivity index (χ4n) is 3.96. The van der Waals surface area contributed by atoms with Gasteiger partial charge in [-0.2, -0.15) is 0 Å². The number of anilines is 1. The van der Waals surface area contributed by atoms with Crippen LogP contribution in [0.15, 0.2) is 72.9 Å². The molecule has 0 bridgehead atoms. The third-order valence-electron chi connectivity index (χ3n) is 5.63. The number of pyridine rings is 1. The van der Waals surface area contributed by atoms with Crippen LogP contribution in [0.1, 0.15) is 18.5 Å². The van der Waals surface area contributed by atoms with E-state index in [4.69, 9.17) is 16.6 Å². The molecule has 0 atom stereocenters. The topological polar surface area (TPSA) is 59.2 Å². The molecule has 1 aliphatic carbocycles. The van der Waals surface area contributed by atoms with Crippen molar-refractivity contribution in [1.29, 1.82) is 0 Å². The second-order valence-electron chi connectivity index (χ2n) is 7.80. The maximum absolute atomic E-state index is 6.12. The highest BCUT2D eigenvalue weighted by molar-refractivity contribution is 6.30. The first-order chi connectivity index (χ1) is 15.3. The maximum Gasteiger partial charge on any atom is 0.214 e. The summed E-state index contributed by atoms with van der Waals surface area (Å²) in [6, 6.07) is 22.2. The smallest absolute Gasteiger partial charge is 0.214 e. The van der Waals surface area contributed by atoms with E-state index in [2.05, 4.69) is 30.5 Å². The lowest BCUT2D eigenvalue weighted by atomic mass is 10.2. The molecule has 0 radical (unpaired) electrons. The Morgan fingerprint density at radius 2 is 1.74 bits per heavy atom. The Kier molecular flexibility index (Phi) is 4.32. The lowest BCUT2D eigenvalue weighted by Gasteiger charge is -2.25. The minimum absolute atomic E-state index is 0.430. The Balaban J connectivity index is 1.60. The summed E-state index contributed by atoms with van der Waals surface area (Å²) < 4.78 is 2.08. The zero-order chi connectivity index (χ0) is 20.8. The molecule has 6 rings (SSSR count). The molecule has 0 saturated heterocycles. The summed E-state index contributed by atoms with van der Waals surface area (Å²) in [5.41, 5.74) is 3.67. The van der Waals surface area contributed by atoms with Crippen LogP contribution in [0.5, 0.6) is 0 Å². The molecule has 152 valence electrons. The molecular weight excluding hydrogens is 408 g/mol. The van der Waals surface area contributed by atoms with Crippen molar-refractivity contribution in [3.05, 3.63) is 83.6 Å². The summed E-state index contributed by atoms with van der Waals surface area (Å²) in [7, 11) is 0. The number of nitrogens with zero attached hydrogens (tertiary/aromatic N) is 6. The number of hydrogen-bond donors (Lipinski definition) is 0. The number of hydrogen-bond acceptors (Lipinski definition) is 5. The van der Waals surface area contributed by atoms with E-state index in [1.165, 1.54) is 0 Å². The summed E-state index contributed by atoms with van der Waals surface area (Å²) in [5.74, 6) is 1.60. The molecule has 2 aromatic carbocycles. The Labute approximate surface area is 184 Å². The summed E-state index contributed by atoms with van der Waals surface area (Å²) in [4.78, 5) is 12.0. The van der Waals surface area contributed by atoms with Crippen molar-refractivity contribution in [2.45, 2.75) is 25.4 Å². The van der Waals surface area contributed by atoms with E-state index in [1.54, 1.807) is 0 Å². The zero-order valence-electron chi connectivity index (χ0n) is 16.7. The van der Waals surface area contributed by atoms with Crippen molar-refractivity contribution in [3.63, 3.8) is 0 Å². The van der Waals surface area contributed by atoms with Crippen molar-refractivity contribution in [1.82, 2.24) is 24.6 Å². The third kappa shape index (κ3) is 3.29. The molecule has 3 heterocycles. The zero-order valence-corrected chi connectivity index (χ0v) is 17.4. The Morgan fingerprint density at radius 1 is 0.935 bits per heavy atom. The predicted molar refractivity (Wildman–Crippen MR) is 122 cm³/mol. The molecule has 31 heavy (non-hydrogen) atoms. The average molecular weight is 427 g/mol. The molecular formula is C24H19ClN6. The highest BCUT2D eigenvalue weighted by Gasteiger charge is 2.33. The number of fused-ring (bicyclic) bond motifs is 3. The molecule has 0 N–H and O–H groups in total. The largest absolute Gasteiger partial charge is 0.333 e. The quantitative estimate of drug-likeness (QED) is 0.388. The molecule has 7 heteroatoms. The van der Waals surface area contributed by atoms with Crippen molar-refractivity contribution in [2.75, 3.05) is 4.90 Å². The van der Waals surface area contributed by atoms with Gasteiger partial charge in [0.2, 0.25) is 5.95 Å². The van der Waals surface area contributed by atoms with E-state index < -0.39 is 0 Å². The fraction of sp³-hybridized carbons (Fsp3) is 0.167. The Bertz CT molecular complexity index is 1380. The molecule has 5 aromatic rings. The number of para-hydroxylation sites is 1. The molecule has 1 aliphatic rings. The van der Waals surface area contributed by atoms with Crippen molar-refractivity contribution in [2.24, 2.45) is 0 Å². The van der Waals surface area contributed by atoms with E-state index in [0.717, 1.165) is 52.4 Å². The van der Waals surface area contributed by atoms with Gasteiger partial charge in [-0.15, -0.1) is 10.2 Å². The van der Waals surface area contributed by atoms with Crippen LogP contribution in [0, 0.1) is 0 Å². The minimum Gasteiger partial charge on any atom is -0.333 e. The Hall–Kier alpha value is -3.51. The van der Waals surface area contributed by atoms with Crippen LogP contribution >= 0.6 is 11.6 Å². The van der Waals surface area contributed by atoms with Crippen LogP contribution in [0.2, 0.25) is 5.02 Å². The number of benzene rings is 2. The summed E-state index contributed by atoms with van der Waals surface area (Å²) in [6.45, 7) is 0.685. The minimum atomic E-state index is 0.430. The van der Waals surface area contributed by atoms with Gasteiger partial charge in [-0.05, 0) is 61.4 Å². The summed E-state index contributed by atoms with van der Waals surface area (Å²) >= 11 is 6.12. The van der Waals surface area contributed by atoms with Gasteiger partial charge in [-0.3, -0.25) is 4.98 Å². The van der Waals surface area contributed by atoms with Gasteiger partial charge in [0.15, 0.2) is 11.5 Å². The monoisotopic (exact) mass is 426 g/mol. The normalized spacial score (nSPS) is 13.7. The molecule has 0 spiro atoms. The molecule has 0 amide bonds. The lowest BCUT2D eigenvalue weighted by molar-refractivity contribution is 0.739. The Morgan fingerprint density at radius 3 is 2.52 bits per heavy atom. The van der Waals surface area contributed by atoms with Crippen LogP contribution in [0.3, 0.4) is 0 Å². The van der Waals surface area contributed by atoms with Gasteiger partial charge in [0.1, 0.15) is 0 Å². The molecule has 1 saturated carbocycles. The third-order valence-corrected chi connectivity index (χ3v) is 5.89. The van der Waals surface area contributed by atoms with E-state index in [1.807, 2.05) is 66.9 Å². The van der Waals surface area contributed by atoms with Gasteiger partial charge in [0, 0.05) is 28.2 Å². The van der Waals surface area contributed by atoms with Crippen LogP contribution in [0.25, 0.3) is 27.9 Å². The lowest BCUT2D eigenvalue weighted by Crippen LogP contribution is -2.29. The van der Waals surface area contributed by atoms with Gasteiger partial charge in [0.05, 0.1) is 17.8 Å². The van der Waals surface area contributed by atoms with Crippen molar-refractivity contribution in [3.8, 4) is 11.4 Å². The number of rotatable bonds is 5. The highest BCUT2D eigenvalue weighted by atomic mass is 35.5. The predicted octanol–water partition coefficient (Wildman–Crippen LogP) is 5.16. The van der Waals surface area contributed by atoms with Crippen molar-refractivity contribution < 1.29 is 0 Å². The van der Waals surface area contributed by atoms with Gasteiger partial charge < -0.3 is 4.90 Å². The second kappa shape index (κ2) is 7.32. The summed E-state index contributed by atoms with van der Waals surface area (Å²) in [5, 5.41) is 10.8. The van der Waals surface area contributed by atoms with E-state index >= 15 is 0 Å². The molecule has 1 fully saturated rings. The van der Waals surface area contributed by atoms with Gasteiger partial charge in [-0.1, -0.05) is 29.8 Å². The maximum atomic E-state index is 6.12. The van der Waals surface area contributed by atoms with E-state index in [0.29, 0.717) is 17.6 Å². The molecule has 3 aromatic heterocycles. The average Bonchev–Trinajstić information content (AvgIpc) is 3.56. The number of halogens is 1. The van der Waals surface area contributed by atoms with Gasteiger partial charge in [-0.25, -0.2) is 9.38 Å². The molecule has 6 nitrogen and oxygen atoms in total. The SMILES string of the molecule is Clc1ccc(-c2nnc3c4ccccc4nc(N(Cc4ccccn4)C4CC4)n23)cc1. The number of aromatic nitrogens is 5. The van der Waals surface area contributed by atoms with Crippen LogP contribution < -0.4 is 4.90 Å². The molecule has 0 unspecified atom stereocenters. The van der Waals surface area contributed by atoms with Crippen molar-refractivity contribution >= 4 is 34.1 Å². The first kappa shape index (κ1) is 18.3.